The molecule has 0 aliphatic heterocycles. The molecule has 106 valence electrons. The third-order valence-corrected chi connectivity index (χ3v) is 5.20. The normalized spacial score (nSPS) is 11.1. The SMILES string of the molecule is Cc1ccccc1Sc1ccc(CNC(C)C)cc1Br. The molecule has 0 spiro atoms. The van der Waals surface area contributed by atoms with Crippen molar-refractivity contribution in [2.24, 2.45) is 0 Å². The summed E-state index contributed by atoms with van der Waals surface area (Å²) < 4.78 is 1.16. The number of aryl methyl sites for hydroxylation is 1. The Balaban J connectivity index is 2.12. The monoisotopic (exact) mass is 349 g/mol. The van der Waals surface area contributed by atoms with Gasteiger partial charge < -0.3 is 5.32 Å². The van der Waals surface area contributed by atoms with Gasteiger partial charge >= 0.3 is 0 Å². The molecule has 0 radical (unpaired) electrons. The molecule has 2 rings (SSSR count). The molecule has 20 heavy (non-hydrogen) atoms. The highest BCUT2D eigenvalue weighted by Gasteiger charge is 2.06. The van der Waals surface area contributed by atoms with Gasteiger partial charge in [0.2, 0.25) is 0 Å². The van der Waals surface area contributed by atoms with E-state index < -0.39 is 0 Å². The zero-order valence-electron chi connectivity index (χ0n) is 12.1. The van der Waals surface area contributed by atoms with Crippen molar-refractivity contribution in [1.29, 1.82) is 0 Å². The van der Waals surface area contributed by atoms with E-state index in [1.807, 2.05) is 0 Å². The Kier molecular flexibility index (Phi) is 5.70. The lowest BCUT2D eigenvalue weighted by Crippen LogP contribution is -2.21. The van der Waals surface area contributed by atoms with E-state index in [0.717, 1.165) is 11.0 Å². The summed E-state index contributed by atoms with van der Waals surface area (Å²) in [5, 5.41) is 3.44. The summed E-state index contributed by atoms with van der Waals surface area (Å²) in [4.78, 5) is 2.56. The van der Waals surface area contributed by atoms with E-state index in [-0.39, 0.29) is 0 Å². The van der Waals surface area contributed by atoms with Crippen LogP contribution in [0.4, 0.5) is 0 Å². The Hall–Kier alpha value is -0.770. The molecule has 0 atom stereocenters. The van der Waals surface area contributed by atoms with E-state index in [2.05, 4.69) is 84.5 Å². The zero-order chi connectivity index (χ0) is 14.5. The molecule has 0 aliphatic rings. The Morgan fingerprint density at radius 2 is 1.85 bits per heavy atom. The van der Waals surface area contributed by atoms with Crippen LogP contribution in [0.2, 0.25) is 0 Å². The van der Waals surface area contributed by atoms with Crippen LogP contribution in [0.25, 0.3) is 0 Å². The van der Waals surface area contributed by atoms with Gasteiger partial charge in [0.25, 0.3) is 0 Å². The molecule has 1 N–H and O–H groups in total. The summed E-state index contributed by atoms with van der Waals surface area (Å²) in [6, 6.07) is 15.6. The standard InChI is InChI=1S/C17H20BrNS/c1-12(2)19-11-14-8-9-17(15(18)10-14)20-16-7-5-4-6-13(16)3/h4-10,12,19H,11H2,1-3H3. The van der Waals surface area contributed by atoms with Crippen molar-refractivity contribution in [1.82, 2.24) is 5.32 Å². The molecular formula is C17H20BrNS. The van der Waals surface area contributed by atoms with E-state index in [4.69, 9.17) is 0 Å². The molecule has 0 amide bonds. The van der Waals surface area contributed by atoms with Gasteiger partial charge in [-0.1, -0.05) is 49.9 Å². The lowest BCUT2D eigenvalue weighted by Gasteiger charge is -2.11. The smallest absolute Gasteiger partial charge is 0.0318 e. The van der Waals surface area contributed by atoms with Crippen molar-refractivity contribution < 1.29 is 0 Å². The van der Waals surface area contributed by atoms with Crippen molar-refractivity contribution in [2.75, 3.05) is 0 Å². The third kappa shape index (κ3) is 4.37. The van der Waals surface area contributed by atoms with E-state index in [1.165, 1.54) is 20.9 Å². The first-order valence-electron chi connectivity index (χ1n) is 6.81. The molecular weight excluding hydrogens is 330 g/mol. The number of benzene rings is 2. The van der Waals surface area contributed by atoms with Gasteiger partial charge in [-0.3, -0.25) is 0 Å². The molecule has 0 aromatic heterocycles. The molecule has 0 aliphatic carbocycles. The van der Waals surface area contributed by atoms with Gasteiger partial charge in [0, 0.05) is 26.9 Å². The molecule has 3 heteroatoms. The lowest BCUT2D eigenvalue weighted by atomic mass is 10.2. The van der Waals surface area contributed by atoms with E-state index >= 15 is 0 Å². The summed E-state index contributed by atoms with van der Waals surface area (Å²) in [6.45, 7) is 7.39. The summed E-state index contributed by atoms with van der Waals surface area (Å²) in [5.41, 5.74) is 2.62. The van der Waals surface area contributed by atoms with E-state index in [0.29, 0.717) is 6.04 Å². The van der Waals surface area contributed by atoms with Crippen LogP contribution in [-0.4, -0.2) is 6.04 Å². The minimum absolute atomic E-state index is 0.509. The summed E-state index contributed by atoms with van der Waals surface area (Å²) in [6.07, 6.45) is 0. The first-order chi connectivity index (χ1) is 9.56. The quantitative estimate of drug-likeness (QED) is 0.774. The summed E-state index contributed by atoms with van der Waals surface area (Å²) in [5.74, 6) is 0. The van der Waals surface area contributed by atoms with E-state index in [1.54, 1.807) is 11.8 Å². The maximum atomic E-state index is 3.69. The van der Waals surface area contributed by atoms with Crippen LogP contribution in [0, 0.1) is 6.92 Å². The summed E-state index contributed by atoms with van der Waals surface area (Å²) in [7, 11) is 0. The fourth-order valence-electron chi connectivity index (χ4n) is 1.85. The first kappa shape index (κ1) is 15.6. The molecule has 0 fully saturated rings. The Labute approximate surface area is 134 Å². The van der Waals surface area contributed by atoms with Crippen LogP contribution in [-0.2, 0) is 6.54 Å². The Morgan fingerprint density at radius 3 is 2.50 bits per heavy atom. The second kappa shape index (κ2) is 7.30. The molecule has 2 aromatic carbocycles. The van der Waals surface area contributed by atoms with E-state index in [9.17, 15) is 0 Å². The van der Waals surface area contributed by atoms with Gasteiger partial charge in [0.1, 0.15) is 0 Å². The fraction of sp³-hybridized carbons (Fsp3) is 0.294. The fourth-order valence-corrected chi connectivity index (χ4v) is 3.42. The maximum Gasteiger partial charge on any atom is 0.0318 e. The van der Waals surface area contributed by atoms with Crippen LogP contribution in [0.3, 0.4) is 0 Å². The second-order valence-corrected chi connectivity index (χ2v) is 7.11. The van der Waals surface area contributed by atoms with Crippen LogP contribution in [0.5, 0.6) is 0 Å². The number of halogens is 1. The van der Waals surface area contributed by atoms with Gasteiger partial charge in [-0.05, 0) is 52.2 Å². The molecule has 0 bridgehead atoms. The molecule has 0 heterocycles. The predicted molar refractivity (Wildman–Crippen MR) is 91.4 cm³/mol. The third-order valence-electron chi connectivity index (χ3n) is 3.02. The molecule has 0 saturated carbocycles. The van der Waals surface area contributed by atoms with Crippen LogP contribution in [0.15, 0.2) is 56.7 Å². The van der Waals surface area contributed by atoms with Crippen LogP contribution in [0.1, 0.15) is 25.0 Å². The molecule has 2 aromatic rings. The average Bonchev–Trinajstić information content (AvgIpc) is 2.41. The lowest BCUT2D eigenvalue weighted by molar-refractivity contribution is 0.588. The summed E-state index contributed by atoms with van der Waals surface area (Å²) >= 11 is 5.49. The number of rotatable bonds is 5. The van der Waals surface area contributed by atoms with Crippen molar-refractivity contribution in [3.8, 4) is 0 Å². The van der Waals surface area contributed by atoms with Crippen molar-refractivity contribution >= 4 is 27.7 Å². The topological polar surface area (TPSA) is 12.0 Å². The molecule has 0 unspecified atom stereocenters. The maximum absolute atomic E-state index is 3.69. The van der Waals surface area contributed by atoms with Gasteiger partial charge in [-0.15, -0.1) is 0 Å². The van der Waals surface area contributed by atoms with Crippen molar-refractivity contribution in [3.63, 3.8) is 0 Å². The van der Waals surface area contributed by atoms with Gasteiger partial charge in [0.05, 0.1) is 0 Å². The van der Waals surface area contributed by atoms with Crippen LogP contribution < -0.4 is 5.32 Å². The highest BCUT2D eigenvalue weighted by Crippen LogP contribution is 2.35. The zero-order valence-corrected chi connectivity index (χ0v) is 14.5. The van der Waals surface area contributed by atoms with Gasteiger partial charge in [0.15, 0.2) is 0 Å². The van der Waals surface area contributed by atoms with Crippen molar-refractivity contribution in [3.05, 3.63) is 58.1 Å². The predicted octanol–water partition coefficient (Wildman–Crippen LogP) is 5.41. The minimum Gasteiger partial charge on any atom is -0.310 e. The molecule has 1 nitrogen and oxygen atoms in total. The van der Waals surface area contributed by atoms with Crippen LogP contribution >= 0.6 is 27.7 Å². The van der Waals surface area contributed by atoms with Gasteiger partial charge in [-0.2, -0.15) is 0 Å². The highest BCUT2D eigenvalue weighted by atomic mass is 79.9. The average molecular weight is 350 g/mol. The first-order valence-corrected chi connectivity index (χ1v) is 8.42. The number of hydrogen-bond acceptors (Lipinski definition) is 2. The Bertz CT molecular complexity index is 581. The number of nitrogens with one attached hydrogen (secondary N) is 1. The minimum atomic E-state index is 0.509. The largest absolute Gasteiger partial charge is 0.310 e. The molecule has 0 saturated heterocycles. The number of hydrogen-bond donors (Lipinski definition) is 1. The Morgan fingerprint density at radius 1 is 1.10 bits per heavy atom. The highest BCUT2D eigenvalue weighted by molar-refractivity contribution is 9.10. The van der Waals surface area contributed by atoms with Crippen molar-refractivity contribution in [2.45, 2.75) is 43.1 Å². The second-order valence-electron chi connectivity index (χ2n) is 5.17. The van der Waals surface area contributed by atoms with Gasteiger partial charge in [-0.25, -0.2) is 0 Å².